The van der Waals surface area contributed by atoms with Crippen molar-refractivity contribution in [2.24, 2.45) is 5.41 Å². The van der Waals surface area contributed by atoms with E-state index in [-0.39, 0.29) is 17.2 Å². The van der Waals surface area contributed by atoms with Crippen LogP contribution in [0.5, 0.6) is 11.5 Å². The SMILES string of the molecule is COc1ccccc1CC(=O)N1CCC(COc2ccccc2)(CC(=O)N2CCCCC2)CC1. The molecule has 0 atom stereocenters. The fourth-order valence-corrected chi connectivity index (χ4v) is 5.06. The largest absolute Gasteiger partial charge is 0.496 e. The quantitative estimate of drug-likeness (QED) is 0.584. The number of rotatable bonds is 8. The Hall–Kier alpha value is -3.02. The molecule has 2 aliphatic heterocycles. The average Bonchev–Trinajstić information content (AvgIpc) is 2.89. The zero-order chi connectivity index (χ0) is 23.8. The lowest BCUT2D eigenvalue weighted by atomic mass is 9.75. The van der Waals surface area contributed by atoms with Gasteiger partial charge < -0.3 is 19.3 Å². The van der Waals surface area contributed by atoms with Crippen molar-refractivity contribution in [2.45, 2.75) is 44.9 Å². The van der Waals surface area contributed by atoms with E-state index >= 15 is 0 Å². The third-order valence-corrected chi connectivity index (χ3v) is 7.23. The van der Waals surface area contributed by atoms with Crippen LogP contribution in [0.4, 0.5) is 0 Å². The van der Waals surface area contributed by atoms with Crippen LogP contribution < -0.4 is 9.47 Å². The number of methoxy groups -OCH3 is 1. The number of amides is 2. The normalized spacial score (nSPS) is 17.8. The molecule has 0 unspecified atom stereocenters. The monoisotopic (exact) mass is 464 g/mol. The van der Waals surface area contributed by atoms with E-state index in [1.54, 1.807) is 7.11 Å². The van der Waals surface area contributed by atoms with E-state index in [0.717, 1.165) is 55.8 Å². The minimum atomic E-state index is -0.258. The summed E-state index contributed by atoms with van der Waals surface area (Å²) in [6, 6.07) is 17.5. The van der Waals surface area contributed by atoms with Gasteiger partial charge in [-0.25, -0.2) is 0 Å². The zero-order valence-electron chi connectivity index (χ0n) is 20.2. The van der Waals surface area contributed by atoms with E-state index in [0.29, 0.717) is 32.5 Å². The molecule has 0 spiro atoms. The number of hydrogen-bond acceptors (Lipinski definition) is 4. The molecular weight excluding hydrogens is 428 g/mol. The first-order valence-corrected chi connectivity index (χ1v) is 12.4. The second-order valence-electron chi connectivity index (χ2n) is 9.59. The molecule has 4 rings (SSSR count). The van der Waals surface area contributed by atoms with Gasteiger partial charge in [0.2, 0.25) is 11.8 Å². The summed E-state index contributed by atoms with van der Waals surface area (Å²) in [4.78, 5) is 30.2. The second kappa shape index (κ2) is 11.4. The Balaban J connectivity index is 1.41. The molecule has 2 aliphatic rings. The van der Waals surface area contributed by atoms with Crippen LogP contribution in [0, 0.1) is 5.41 Å². The van der Waals surface area contributed by atoms with Crippen molar-refractivity contribution in [3.05, 3.63) is 60.2 Å². The van der Waals surface area contributed by atoms with Crippen LogP contribution in [-0.2, 0) is 16.0 Å². The molecule has 2 amide bonds. The van der Waals surface area contributed by atoms with Crippen molar-refractivity contribution in [1.29, 1.82) is 0 Å². The number of benzene rings is 2. The van der Waals surface area contributed by atoms with Crippen LogP contribution in [-0.4, -0.2) is 61.5 Å². The second-order valence-corrected chi connectivity index (χ2v) is 9.59. The highest BCUT2D eigenvalue weighted by Crippen LogP contribution is 2.37. The summed E-state index contributed by atoms with van der Waals surface area (Å²) in [5, 5.41) is 0. The molecule has 0 aliphatic carbocycles. The maximum absolute atomic E-state index is 13.2. The van der Waals surface area contributed by atoms with E-state index in [4.69, 9.17) is 9.47 Å². The van der Waals surface area contributed by atoms with Crippen LogP contribution >= 0.6 is 0 Å². The maximum atomic E-state index is 13.2. The molecule has 0 N–H and O–H groups in total. The fraction of sp³-hybridized carbons (Fsp3) is 0.500. The Kier molecular flexibility index (Phi) is 8.09. The molecule has 34 heavy (non-hydrogen) atoms. The number of piperidine rings is 2. The summed E-state index contributed by atoms with van der Waals surface area (Å²) in [5.41, 5.74) is 0.644. The van der Waals surface area contributed by atoms with Gasteiger partial charge in [-0.05, 0) is 50.3 Å². The highest BCUT2D eigenvalue weighted by molar-refractivity contribution is 5.80. The number of para-hydroxylation sites is 2. The molecule has 2 heterocycles. The van der Waals surface area contributed by atoms with E-state index < -0.39 is 0 Å². The van der Waals surface area contributed by atoms with Crippen molar-refractivity contribution < 1.29 is 19.1 Å². The number of ether oxygens (including phenoxy) is 2. The van der Waals surface area contributed by atoms with Crippen LogP contribution in [0.15, 0.2) is 54.6 Å². The first-order valence-electron chi connectivity index (χ1n) is 12.4. The molecule has 2 aromatic rings. The van der Waals surface area contributed by atoms with E-state index in [1.165, 1.54) is 6.42 Å². The van der Waals surface area contributed by atoms with Gasteiger partial charge in [-0.15, -0.1) is 0 Å². The van der Waals surface area contributed by atoms with Crippen molar-refractivity contribution in [2.75, 3.05) is 39.9 Å². The number of carbonyl (C=O) groups is 2. The number of carbonyl (C=O) groups excluding carboxylic acids is 2. The Bertz CT molecular complexity index is 948. The van der Waals surface area contributed by atoms with Gasteiger partial charge >= 0.3 is 0 Å². The zero-order valence-corrected chi connectivity index (χ0v) is 20.2. The lowest BCUT2D eigenvalue weighted by molar-refractivity contribution is -0.138. The molecule has 2 aromatic carbocycles. The Morgan fingerprint density at radius 1 is 0.824 bits per heavy atom. The lowest BCUT2D eigenvalue weighted by Crippen LogP contribution is -2.48. The molecule has 0 aromatic heterocycles. The third kappa shape index (κ3) is 6.10. The fourth-order valence-electron chi connectivity index (χ4n) is 5.06. The van der Waals surface area contributed by atoms with Gasteiger partial charge in [0.25, 0.3) is 0 Å². The minimum Gasteiger partial charge on any atom is -0.496 e. The van der Waals surface area contributed by atoms with Gasteiger partial charge in [0, 0.05) is 43.6 Å². The number of hydrogen-bond donors (Lipinski definition) is 0. The molecule has 0 saturated carbocycles. The van der Waals surface area contributed by atoms with Crippen molar-refractivity contribution in [1.82, 2.24) is 9.80 Å². The molecule has 0 radical (unpaired) electrons. The summed E-state index contributed by atoms with van der Waals surface area (Å²) in [6.07, 6.45) is 5.71. The Morgan fingerprint density at radius 3 is 2.18 bits per heavy atom. The van der Waals surface area contributed by atoms with Gasteiger partial charge in [0.1, 0.15) is 11.5 Å². The van der Waals surface area contributed by atoms with Gasteiger partial charge in [-0.1, -0.05) is 36.4 Å². The van der Waals surface area contributed by atoms with Crippen LogP contribution in [0.2, 0.25) is 0 Å². The standard InChI is InChI=1S/C28H36N2O4/c1-33-25-13-7-6-10-23(25)20-26(31)30-18-14-28(15-19-30,22-34-24-11-4-2-5-12-24)21-27(32)29-16-8-3-9-17-29/h2,4-7,10-13H,3,8-9,14-22H2,1H3. The number of likely N-dealkylation sites (tertiary alicyclic amines) is 2. The summed E-state index contributed by atoms with van der Waals surface area (Å²) >= 11 is 0. The topological polar surface area (TPSA) is 59.1 Å². The highest BCUT2D eigenvalue weighted by Gasteiger charge is 2.39. The maximum Gasteiger partial charge on any atom is 0.227 e. The highest BCUT2D eigenvalue weighted by atomic mass is 16.5. The van der Waals surface area contributed by atoms with Gasteiger partial charge in [-0.3, -0.25) is 9.59 Å². The third-order valence-electron chi connectivity index (χ3n) is 7.23. The molecule has 6 heteroatoms. The smallest absolute Gasteiger partial charge is 0.227 e. The van der Waals surface area contributed by atoms with Gasteiger partial charge in [0.15, 0.2) is 0 Å². The summed E-state index contributed by atoms with van der Waals surface area (Å²) in [7, 11) is 1.63. The van der Waals surface area contributed by atoms with Crippen molar-refractivity contribution >= 4 is 11.8 Å². The summed E-state index contributed by atoms with van der Waals surface area (Å²) in [6.45, 7) is 3.49. The van der Waals surface area contributed by atoms with Crippen molar-refractivity contribution in [3.63, 3.8) is 0 Å². The lowest BCUT2D eigenvalue weighted by Gasteiger charge is -2.42. The van der Waals surface area contributed by atoms with Crippen LogP contribution in [0.1, 0.15) is 44.1 Å². The molecule has 182 valence electrons. The molecule has 2 saturated heterocycles. The average molecular weight is 465 g/mol. The molecule has 0 bridgehead atoms. The van der Waals surface area contributed by atoms with E-state index in [2.05, 4.69) is 0 Å². The summed E-state index contributed by atoms with van der Waals surface area (Å²) < 4.78 is 11.6. The van der Waals surface area contributed by atoms with Gasteiger partial charge in [0.05, 0.1) is 20.1 Å². The minimum absolute atomic E-state index is 0.101. The van der Waals surface area contributed by atoms with E-state index in [9.17, 15) is 9.59 Å². The Labute approximate surface area is 202 Å². The molecular formula is C28H36N2O4. The molecule has 6 nitrogen and oxygen atoms in total. The van der Waals surface area contributed by atoms with Crippen LogP contribution in [0.25, 0.3) is 0 Å². The van der Waals surface area contributed by atoms with Crippen molar-refractivity contribution in [3.8, 4) is 11.5 Å². The first kappa shape index (κ1) is 24.1. The predicted molar refractivity (Wildman–Crippen MR) is 132 cm³/mol. The van der Waals surface area contributed by atoms with Crippen LogP contribution in [0.3, 0.4) is 0 Å². The summed E-state index contributed by atoms with van der Waals surface area (Å²) in [5.74, 6) is 1.89. The Morgan fingerprint density at radius 2 is 1.47 bits per heavy atom. The predicted octanol–water partition coefficient (Wildman–Crippen LogP) is 4.33. The first-order chi connectivity index (χ1) is 16.6. The number of nitrogens with zero attached hydrogens (tertiary/aromatic N) is 2. The van der Waals surface area contributed by atoms with Gasteiger partial charge in [-0.2, -0.15) is 0 Å². The molecule has 2 fully saturated rings. The van der Waals surface area contributed by atoms with E-state index in [1.807, 2.05) is 64.4 Å².